The van der Waals surface area contributed by atoms with Crippen molar-refractivity contribution in [2.45, 2.75) is 26.7 Å². The zero-order valence-corrected chi connectivity index (χ0v) is 15.4. The molecule has 0 N–H and O–H groups in total. The molecule has 0 spiro atoms. The minimum absolute atomic E-state index is 0.672. The van der Waals surface area contributed by atoms with Crippen LogP contribution in [0.5, 0.6) is 0 Å². The molecule has 2 aliphatic carbocycles. The van der Waals surface area contributed by atoms with Crippen LogP contribution in [0.1, 0.15) is 36.1 Å². The molecule has 0 atom stereocenters. The first-order chi connectivity index (χ1) is 12.8. The largest absolute Gasteiger partial charge is 0.493 e. The maximum atomic E-state index is 5.95. The summed E-state index contributed by atoms with van der Waals surface area (Å²) in [5, 5.41) is 0. The van der Waals surface area contributed by atoms with Crippen LogP contribution in [0, 0.1) is 0 Å². The molecule has 0 aromatic heterocycles. The van der Waals surface area contributed by atoms with Gasteiger partial charge in [0.15, 0.2) is 0 Å². The maximum absolute atomic E-state index is 5.95. The lowest BCUT2D eigenvalue weighted by atomic mass is 9.84. The second-order valence-electron chi connectivity index (χ2n) is 6.60. The predicted octanol–water partition coefficient (Wildman–Crippen LogP) is 5.55. The molecule has 0 radical (unpaired) electrons. The lowest BCUT2D eigenvalue weighted by Gasteiger charge is -2.25. The molecule has 0 amide bonds. The highest BCUT2D eigenvalue weighted by atomic mass is 16.5. The Balaban J connectivity index is 1.82. The van der Waals surface area contributed by atoms with Crippen LogP contribution in [0.2, 0.25) is 0 Å². The summed E-state index contributed by atoms with van der Waals surface area (Å²) >= 11 is 0. The Kier molecular flexibility index (Phi) is 4.66. The minimum atomic E-state index is 0.672. The van der Waals surface area contributed by atoms with Gasteiger partial charge in [0.2, 0.25) is 0 Å². The Morgan fingerprint density at radius 2 is 1.08 bits per heavy atom. The summed E-state index contributed by atoms with van der Waals surface area (Å²) in [6.45, 7) is 5.42. The summed E-state index contributed by atoms with van der Waals surface area (Å²) in [5.74, 6) is 1.95. The first-order valence-corrected chi connectivity index (χ1v) is 9.37. The van der Waals surface area contributed by atoms with Crippen LogP contribution >= 0.6 is 0 Å². The van der Waals surface area contributed by atoms with E-state index in [1.807, 2.05) is 13.8 Å². The van der Waals surface area contributed by atoms with E-state index < -0.39 is 0 Å². The van der Waals surface area contributed by atoms with Gasteiger partial charge in [-0.05, 0) is 61.1 Å². The summed E-state index contributed by atoms with van der Waals surface area (Å²) < 4.78 is 11.9. The number of ether oxygens (including phenoxy) is 2. The van der Waals surface area contributed by atoms with Crippen LogP contribution in [0.4, 0.5) is 0 Å². The topological polar surface area (TPSA) is 18.5 Å². The number of hydrogen-bond donors (Lipinski definition) is 0. The Bertz CT molecular complexity index is 840. The standard InChI is InChI=1S/C24H24O2/c1-3-25-23-15-19(13-17-9-5-7-11-21(17)23)20-14-18-10-6-8-12-22(18)24(16-20)26-4-2/h5-12,15-16H,3-4,13-14H2,1-2H3. The van der Waals surface area contributed by atoms with Crippen molar-refractivity contribution >= 4 is 11.5 Å². The van der Waals surface area contributed by atoms with Gasteiger partial charge in [0.1, 0.15) is 11.5 Å². The molecule has 0 aliphatic heterocycles. The van der Waals surface area contributed by atoms with E-state index in [1.165, 1.54) is 33.4 Å². The van der Waals surface area contributed by atoms with Crippen molar-refractivity contribution in [3.63, 3.8) is 0 Å². The molecule has 132 valence electrons. The monoisotopic (exact) mass is 344 g/mol. The fourth-order valence-electron chi connectivity index (χ4n) is 3.78. The van der Waals surface area contributed by atoms with E-state index >= 15 is 0 Å². The SMILES string of the molecule is CCOC1=CC(=C2C=C(OCC)c3ccccc3C2)Cc2ccccc21. The number of benzene rings is 2. The molecule has 0 fully saturated rings. The third-order valence-corrected chi connectivity index (χ3v) is 4.95. The smallest absolute Gasteiger partial charge is 0.127 e. The van der Waals surface area contributed by atoms with Crippen LogP contribution in [-0.4, -0.2) is 13.2 Å². The van der Waals surface area contributed by atoms with Crippen LogP contribution in [0.15, 0.2) is 71.8 Å². The van der Waals surface area contributed by atoms with E-state index in [4.69, 9.17) is 9.47 Å². The zero-order chi connectivity index (χ0) is 17.9. The van der Waals surface area contributed by atoms with Crippen molar-refractivity contribution in [2.24, 2.45) is 0 Å². The fourth-order valence-corrected chi connectivity index (χ4v) is 3.78. The Morgan fingerprint density at radius 3 is 1.50 bits per heavy atom. The van der Waals surface area contributed by atoms with Gasteiger partial charge >= 0.3 is 0 Å². The van der Waals surface area contributed by atoms with Crippen LogP contribution in [0.3, 0.4) is 0 Å². The summed E-state index contributed by atoms with van der Waals surface area (Å²) in [6.07, 6.45) is 6.30. The highest BCUT2D eigenvalue weighted by Gasteiger charge is 2.22. The molecule has 2 heteroatoms. The molecular weight excluding hydrogens is 320 g/mol. The Morgan fingerprint density at radius 1 is 0.654 bits per heavy atom. The molecule has 0 bridgehead atoms. The van der Waals surface area contributed by atoms with Gasteiger partial charge in [-0.15, -0.1) is 0 Å². The van der Waals surface area contributed by atoms with Gasteiger partial charge in [0, 0.05) is 11.1 Å². The Labute approximate surface area is 155 Å². The average molecular weight is 344 g/mol. The molecule has 0 heterocycles. The van der Waals surface area contributed by atoms with Gasteiger partial charge in [-0.3, -0.25) is 0 Å². The highest BCUT2D eigenvalue weighted by Crippen LogP contribution is 2.36. The van der Waals surface area contributed by atoms with Crippen molar-refractivity contribution in [1.29, 1.82) is 0 Å². The minimum Gasteiger partial charge on any atom is -0.493 e. The first-order valence-electron chi connectivity index (χ1n) is 9.37. The molecule has 2 aromatic rings. The molecule has 0 unspecified atom stereocenters. The number of fused-ring (bicyclic) bond motifs is 2. The van der Waals surface area contributed by atoms with Crippen molar-refractivity contribution < 1.29 is 9.47 Å². The maximum Gasteiger partial charge on any atom is 0.127 e. The van der Waals surface area contributed by atoms with Crippen molar-refractivity contribution in [3.05, 3.63) is 94.1 Å². The van der Waals surface area contributed by atoms with E-state index in [0.717, 1.165) is 24.4 Å². The lowest BCUT2D eigenvalue weighted by Crippen LogP contribution is -2.10. The predicted molar refractivity (Wildman–Crippen MR) is 107 cm³/mol. The van der Waals surface area contributed by atoms with Gasteiger partial charge in [-0.25, -0.2) is 0 Å². The summed E-state index contributed by atoms with van der Waals surface area (Å²) in [6, 6.07) is 17.1. The van der Waals surface area contributed by atoms with Gasteiger partial charge < -0.3 is 9.47 Å². The first kappa shape index (κ1) is 16.7. The van der Waals surface area contributed by atoms with Crippen LogP contribution in [-0.2, 0) is 22.3 Å². The molecule has 26 heavy (non-hydrogen) atoms. The Hall–Kier alpha value is -2.74. The van der Waals surface area contributed by atoms with Crippen LogP contribution in [0.25, 0.3) is 11.5 Å². The number of hydrogen-bond acceptors (Lipinski definition) is 2. The molecule has 0 saturated heterocycles. The molecule has 0 saturated carbocycles. The van der Waals surface area contributed by atoms with E-state index in [9.17, 15) is 0 Å². The molecular formula is C24H24O2. The van der Waals surface area contributed by atoms with E-state index in [0.29, 0.717) is 13.2 Å². The van der Waals surface area contributed by atoms with Crippen LogP contribution < -0.4 is 0 Å². The van der Waals surface area contributed by atoms with Gasteiger partial charge in [-0.2, -0.15) is 0 Å². The van der Waals surface area contributed by atoms with Gasteiger partial charge in [0.25, 0.3) is 0 Å². The lowest BCUT2D eigenvalue weighted by molar-refractivity contribution is 0.296. The van der Waals surface area contributed by atoms with E-state index in [-0.39, 0.29) is 0 Å². The third kappa shape index (κ3) is 3.08. The quantitative estimate of drug-likeness (QED) is 0.724. The normalized spacial score (nSPS) is 18.4. The van der Waals surface area contributed by atoms with E-state index in [1.54, 1.807) is 0 Å². The summed E-state index contributed by atoms with van der Waals surface area (Å²) in [4.78, 5) is 0. The van der Waals surface area contributed by atoms with Crippen molar-refractivity contribution in [3.8, 4) is 0 Å². The number of rotatable bonds is 4. The second-order valence-corrected chi connectivity index (χ2v) is 6.60. The highest BCUT2D eigenvalue weighted by molar-refractivity contribution is 5.74. The van der Waals surface area contributed by atoms with E-state index in [2.05, 4.69) is 60.7 Å². The third-order valence-electron chi connectivity index (χ3n) is 4.95. The fraction of sp³-hybridized carbons (Fsp3) is 0.250. The van der Waals surface area contributed by atoms with Gasteiger partial charge in [-0.1, -0.05) is 48.5 Å². The zero-order valence-electron chi connectivity index (χ0n) is 15.4. The molecule has 2 aliphatic rings. The van der Waals surface area contributed by atoms with Crippen molar-refractivity contribution in [1.82, 2.24) is 0 Å². The second kappa shape index (κ2) is 7.25. The molecule has 2 nitrogen and oxygen atoms in total. The summed E-state index contributed by atoms with van der Waals surface area (Å²) in [7, 11) is 0. The van der Waals surface area contributed by atoms with Gasteiger partial charge in [0.05, 0.1) is 13.2 Å². The molecule has 2 aromatic carbocycles. The van der Waals surface area contributed by atoms with Crippen molar-refractivity contribution in [2.75, 3.05) is 13.2 Å². The number of allylic oxidation sites excluding steroid dienone is 4. The summed E-state index contributed by atoms with van der Waals surface area (Å²) in [5.41, 5.74) is 7.71. The molecule has 4 rings (SSSR count). The average Bonchev–Trinajstić information content (AvgIpc) is 2.68.